The molecule has 2 amide bonds. The third-order valence-corrected chi connectivity index (χ3v) is 5.77. The number of hydrogen-bond donors (Lipinski definition) is 0. The van der Waals surface area contributed by atoms with Crippen molar-refractivity contribution in [1.29, 1.82) is 0 Å². The van der Waals surface area contributed by atoms with Crippen molar-refractivity contribution in [3.63, 3.8) is 0 Å². The van der Waals surface area contributed by atoms with E-state index in [4.69, 9.17) is 4.74 Å². The third-order valence-electron chi connectivity index (χ3n) is 4.53. The molecule has 0 N–H and O–H groups in total. The smallest absolute Gasteiger partial charge is 0.242 e. The molecule has 130 valence electrons. The van der Waals surface area contributed by atoms with Gasteiger partial charge in [-0.25, -0.2) is 0 Å². The van der Waals surface area contributed by atoms with Crippen molar-refractivity contribution in [1.82, 2.24) is 14.7 Å². The summed E-state index contributed by atoms with van der Waals surface area (Å²) in [6.07, 6.45) is 0. The summed E-state index contributed by atoms with van der Waals surface area (Å²) >= 11 is 1.55. The second-order valence-corrected chi connectivity index (χ2v) is 7.18. The molecular weight excluding hydrogens is 326 g/mol. The SMILES string of the molecule is COc1ccccc1C1SCC(=O)N1CC(=O)N1CCN(C)CC1. The van der Waals surface area contributed by atoms with Crippen molar-refractivity contribution in [3.8, 4) is 5.75 Å². The van der Waals surface area contributed by atoms with Gasteiger partial charge in [0.2, 0.25) is 11.8 Å². The van der Waals surface area contributed by atoms with Gasteiger partial charge in [-0.15, -0.1) is 11.8 Å². The van der Waals surface area contributed by atoms with Crippen LogP contribution in [0.1, 0.15) is 10.9 Å². The number of hydrogen-bond acceptors (Lipinski definition) is 5. The van der Waals surface area contributed by atoms with Gasteiger partial charge in [0.05, 0.1) is 12.9 Å². The van der Waals surface area contributed by atoms with Crippen LogP contribution in [-0.4, -0.2) is 79.1 Å². The first-order chi connectivity index (χ1) is 11.6. The summed E-state index contributed by atoms with van der Waals surface area (Å²) in [7, 11) is 3.68. The van der Waals surface area contributed by atoms with E-state index >= 15 is 0 Å². The quantitative estimate of drug-likeness (QED) is 0.813. The Morgan fingerprint density at radius 3 is 2.67 bits per heavy atom. The molecule has 2 saturated heterocycles. The van der Waals surface area contributed by atoms with E-state index < -0.39 is 0 Å². The van der Waals surface area contributed by atoms with Crippen molar-refractivity contribution in [2.45, 2.75) is 5.37 Å². The van der Waals surface area contributed by atoms with E-state index in [0.717, 1.165) is 37.5 Å². The Morgan fingerprint density at radius 2 is 1.96 bits per heavy atom. The molecule has 0 spiro atoms. The third kappa shape index (κ3) is 3.52. The van der Waals surface area contributed by atoms with Crippen LogP contribution in [0, 0.1) is 0 Å². The lowest BCUT2D eigenvalue weighted by Gasteiger charge is -2.34. The van der Waals surface area contributed by atoms with Crippen LogP contribution in [0.15, 0.2) is 24.3 Å². The molecule has 0 radical (unpaired) electrons. The standard InChI is InChI=1S/C17H23N3O3S/c1-18-7-9-19(10-8-18)15(21)11-20-16(22)12-24-17(20)13-5-3-4-6-14(13)23-2/h3-6,17H,7-12H2,1-2H3. The van der Waals surface area contributed by atoms with E-state index in [-0.39, 0.29) is 23.7 Å². The van der Waals surface area contributed by atoms with Crippen molar-refractivity contribution >= 4 is 23.6 Å². The molecule has 0 bridgehead atoms. The summed E-state index contributed by atoms with van der Waals surface area (Å²) in [6, 6.07) is 7.69. The van der Waals surface area contributed by atoms with Gasteiger partial charge in [-0.2, -0.15) is 0 Å². The van der Waals surface area contributed by atoms with Crippen LogP contribution in [0.2, 0.25) is 0 Å². The van der Waals surface area contributed by atoms with Crippen molar-refractivity contribution in [2.75, 3.05) is 52.6 Å². The van der Waals surface area contributed by atoms with E-state index in [2.05, 4.69) is 11.9 Å². The molecule has 2 heterocycles. The fourth-order valence-electron chi connectivity index (χ4n) is 3.05. The number of amides is 2. The molecule has 1 atom stereocenters. The van der Waals surface area contributed by atoms with E-state index in [1.807, 2.05) is 29.2 Å². The molecule has 2 aliphatic rings. The molecule has 6 nitrogen and oxygen atoms in total. The second-order valence-electron chi connectivity index (χ2n) is 6.11. The van der Waals surface area contributed by atoms with Crippen LogP contribution in [0.5, 0.6) is 5.75 Å². The second kappa shape index (κ2) is 7.44. The van der Waals surface area contributed by atoms with Gasteiger partial charge in [-0.3, -0.25) is 9.59 Å². The van der Waals surface area contributed by atoms with Gasteiger partial charge >= 0.3 is 0 Å². The van der Waals surface area contributed by atoms with Gasteiger partial charge in [0.1, 0.15) is 17.7 Å². The Hall–Kier alpha value is -1.73. The normalized spacial score (nSPS) is 22.1. The minimum Gasteiger partial charge on any atom is -0.496 e. The number of likely N-dealkylation sites (N-methyl/N-ethyl adjacent to an activating group) is 1. The van der Waals surface area contributed by atoms with E-state index in [1.54, 1.807) is 23.8 Å². The number of ether oxygens (including phenoxy) is 1. The molecule has 0 aliphatic carbocycles. The largest absolute Gasteiger partial charge is 0.496 e. The van der Waals surface area contributed by atoms with Gasteiger partial charge in [0.15, 0.2) is 0 Å². The number of para-hydroxylation sites is 1. The fraction of sp³-hybridized carbons (Fsp3) is 0.529. The Kier molecular flexibility index (Phi) is 5.30. The van der Waals surface area contributed by atoms with Gasteiger partial charge < -0.3 is 19.4 Å². The van der Waals surface area contributed by atoms with Gasteiger partial charge in [-0.05, 0) is 13.1 Å². The van der Waals surface area contributed by atoms with Crippen molar-refractivity contribution in [2.24, 2.45) is 0 Å². The zero-order chi connectivity index (χ0) is 17.1. The highest BCUT2D eigenvalue weighted by atomic mass is 32.2. The van der Waals surface area contributed by atoms with Gasteiger partial charge in [-0.1, -0.05) is 18.2 Å². The number of rotatable bonds is 4. The molecule has 0 saturated carbocycles. The lowest BCUT2D eigenvalue weighted by molar-refractivity contribution is -0.140. The summed E-state index contributed by atoms with van der Waals surface area (Å²) in [5.74, 6) is 1.19. The first-order valence-corrected chi connectivity index (χ1v) is 9.15. The minimum absolute atomic E-state index is 0.0124. The molecule has 1 aromatic carbocycles. The number of carbonyl (C=O) groups is 2. The summed E-state index contributed by atoms with van der Waals surface area (Å²) in [5, 5.41) is -0.162. The average molecular weight is 349 g/mol. The highest BCUT2D eigenvalue weighted by molar-refractivity contribution is 8.00. The number of methoxy groups -OCH3 is 1. The van der Waals surface area contributed by atoms with E-state index in [0.29, 0.717) is 5.75 Å². The van der Waals surface area contributed by atoms with Gasteiger partial charge in [0.25, 0.3) is 0 Å². The van der Waals surface area contributed by atoms with E-state index in [9.17, 15) is 9.59 Å². The Bertz CT molecular complexity index is 617. The molecule has 7 heteroatoms. The first-order valence-electron chi connectivity index (χ1n) is 8.10. The number of nitrogens with zero attached hydrogens (tertiary/aromatic N) is 3. The maximum atomic E-state index is 12.6. The predicted molar refractivity (Wildman–Crippen MR) is 94.0 cm³/mol. The van der Waals surface area contributed by atoms with Gasteiger partial charge in [0, 0.05) is 31.7 Å². The van der Waals surface area contributed by atoms with Crippen LogP contribution in [-0.2, 0) is 9.59 Å². The zero-order valence-electron chi connectivity index (χ0n) is 14.1. The number of carbonyl (C=O) groups excluding carboxylic acids is 2. The molecule has 24 heavy (non-hydrogen) atoms. The average Bonchev–Trinajstić information content (AvgIpc) is 2.96. The van der Waals surface area contributed by atoms with E-state index in [1.165, 1.54) is 0 Å². The fourth-order valence-corrected chi connectivity index (χ4v) is 4.27. The van der Waals surface area contributed by atoms with Crippen LogP contribution < -0.4 is 4.74 Å². The highest BCUT2D eigenvalue weighted by Gasteiger charge is 2.36. The monoisotopic (exact) mass is 349 g/mol. The Balaban J connectivity index is 1.73. The summed E-state index contributed by atoms with van der Waals surface area (Å²) in [4.78, 5) is 30.7. The molecule has 3 rings (SSSR count). The topological polar surface area (TPSA) is 53.1 Å². The zero-order valence-corrected chi connectivity index (χ0v) is 14.9. The Morgan fingerprint density at radius 1 is 1.25 bits per heavy atom. The minimum atomic E-state index is -0.162. The lowest BCUT2D eigenvalue weighted by Crippen LogP contribution is -2.50. The molecule has 2 aliphatic heterocycles. The maximum absolute atomic E-state index is 12.6. The summed E-state index contributed by atoms with van der Waals surface area (Å²) < 4.78 is 5.42. The van der Waals surface area contributed by atoms with Crippen molar-refractivity contribution < 1.29 is 14.3 Å². The number of thioether (sulfide) groups is 1. The molecule has 1 aromatic rings. The van der Waals surface area contributed by atoms with Crippen LogP contribution >= 0.6 is 11.8 Å². The maximum Gasteiger partial charge on any atom is 0.242 e. The first kappa shape index (κ1) is 17.1. The highest BCUT2D eigenvalue weighted by Crippen LogP contribution is 2.42. The van der Waals surface area contributed by atoms with Crippen LogP contribution in [0.25, 0.3) is 0 Å². The van der Waals surface area contributed by atoms with Crippen LogP contribution in [0.4, 0.5) is 0 Å². The number of piperazine rings is 1. The summed E-state index contributed by atoms with van der Waals surface area (Å²) in [5.41, 5.74) is 0.946. The molecule has 1 unspecified atom stereocenters. The predicted octanol–water partition coefficient (Wildman–Crippen LogP) is 1.04. The molecule has 0 aromatic heterocycles. The number of benzene rings is 1. The van der Waals surface area contributed by atoms with Crippen LogP contribution in [0.3, 0.4) is 0 Å². The lowest BCUT2D eigenvalue weighted by atomic mass is 10.1. The summed E-state index contributed by atoms with van der Waals surface area (Å²) in [6.45, 7) is 3.35. The molecular formula is C17H23N3O3S. The molecule has 2 fully saturated rings. The Labute approximate surface area is 146 Å². The van der Waals surface area contributed by atoms with Crippen molar-refractivity contribution in [3.05, 3.63) is 29.8 Å².